The average Bonchev–Trinajstić information content (AvgIpc) is 2.68. The van der Waals surface area contributed by atoms with Gasteiger partial charge in [0.05, 0.1) is 18.6 Å². The van der Waals surface area contributed by atoms with Crippen molar-refractivity contribution >= 4 is 23.4 Å². The summed E-state index contributed by atoms with van der Waals surface area (Å²) in [5.74, 6) is 0.428. The summed E-state index contributed by atoms with van der Waals surface area (Å²) in [7, 11) is 1.55. The van der Waals surface area contributed by atoms with Crippen LogP contribution >= 0.6 is 11.8 Å². The lowest BCUT2D eigenvalue weighted by Gasteiger charge is -2.10. The molecule has 8 heteroatoms. The van der Waals surface area contributed by atoms with Gasteiger partial charge in [0.1, 0.15) is 5.75 Å². The van der Waals surface area contributed by atoms with E-state index in [1.165, 1.54) is 0 Å². The molecular formula is C19H18N4O3S. The first-order chi connectivity index (χ1) is 13.1. The van der Waals surface area contributed by atoms with Crippen LogP contribution in [0.1, 0.15) is 5.56 Å². The van der Waals surface area contributed by atoms with Gasteiger partial charge in [0.2, 0.25) is 5.91 Å². The summed E-state index contributed by atoms with van der Waals surface area (Å²) in [4.78, 5) is 27.0. The molecule has 0 aliphatic rings. The van der Waals surface area contributed by atoms with E-state index in [2.05, 4.69) is 20.5 Å². The number of anilines is 1. The molecule has 138 valence electrons. The fourth-order valence-electron chi connectivity index (χ4n) is 2.39. The van der Waals surface area contributed by atoms with E-state index in [4.69, 9.17) is 4.74 Å². The number of thioether (sulfide) groups is 1. The molecule has 3 aromatic rings. The maximum absolute atomic E-state index is 12.2. The van der Waals surface area contributed by atoms with Crippen LogP contribution in [0, 0.1) is 6.92 Å². The number of amides is 1. The number of carbonyl (C=O) groups excluding carboxylic acids is 1. The largest absolute Gasteiger partial charge is 0.495 e. The van der Waals surface area contributed by atoms with Gasteiger partial charge < -0.3 is 10.1 Å². The summed E-state index contributed by atoms with van der Waals surface area (Å²) < 4.78 is 5.27. The van der Waals surface area contributed by atoms with Crippen LogP contribution in [0.25, 0.3) is 11.3 Å². The molecule has 0 atom stereocenters. The second kappa shape index (κ2) is 8.50. The van der Waals surface area contributed by atoms with Gasteiger partial charge in [-0.15, -0.1) is 10.2 Å². The molecule has 0 unspecified atom stereocenters. The fourth-order valence-corrected chi connectivity index (χ4v) is 3.00. The Bertz CT molecular complexity index is 1010. The molecule has 0 aliphatic carbocycles. The Labute approximate surface area is 160 Å². The van der Waals surface area contributed by atoms with Crippen LogP contribution < -0.4 is 15.6 Å². The number of ether oxygens (including phenoxy) is 1. The second-order valence-electron chi connectivity index (χ2n) is 5.71. The third-order valence-corrected chi connectivity index (χ3v) is 4.56. The van der Waals surface area contributed by atoms with Crippen molar-refractivity contribution in [3.05, 3.63) is 64.4 Å². The van der Waals surface area contributed by atoms with Gasteiger partial charge in [0.15, 0.2) is 10.9 Å². The van der Waals surface area contributed by atoms with Crippen LogP contribution in [-0.4, -0.2) is 34.0 Å². The zero-order valence-electron chi connectivity index (χ0n) is 14.9. The standard InChI is InChI=1S/C19H18N4O3S/c1-12-8-9-14(15(10-12)26-2)20-16(24)11-27-19-21-18(25)17(22-23-19)13-6-4-3-5-7-13/h3-10H,11H2,1-2H3,(H,20,24)(H,21,23,25). The third-order valence-electron chi connectivity index (χ3n) is 3.69. The highest BCUT2D eigenvalue weighted by Gasteiger charge is 2.11. The minimum Gasteiger partial charge on any atom is -0.495 e. The Balaban J connectivity index is 1.64. The van der Waals surface area contributed by atoms with Crippen molar-refractivity contribution in [2.45, 2.75) is 12.1 Å². The van der Waals surface area contributed by atoms with E-state index in [1.807, 2.05) is 37.3 Å². The van der Waals surface area contributed by atoms with Crippen LogP contribution in [-0.2, 0) is 4.79 Å². The summed E-state index contributed by atoms with van der Waals surface area (Å²) in [6.45, 7) is 1.94. The van der Waals surface area contributed by atoms with Crippen LogP contribution in [0.4, 0.5) is 5.69 Å². The number of hydrogen-bond donors (Lipinski definition) is 2. The van der Waals surface area contributed by atoms with E-state index in [-0.39, 0.29) is 28.1 Å². The average molecular weight is 382 g/mol. The van der Waals surface area contributed by atoms with Gasteiger partial charge >= 0.3 is 0 Å². The Morgan fingerprint density at radius 2 is 1.96 bits per heavy atom. The molecule has 1 amide bonds. The van der Waals surface area contributed by atoms with Crippen molar-refractivity contribution in [2.75, 3.05) is 18.2 Å². The van der Waals surface area contributed by atoms with Gasteiger partial charge in [-0.2, -0.15) is 0 Å². The maximum atomic E-state index is 12.2. The summed E-state index contributed by atoms with van der Waals surface area (Å²) >= 11 is 1.10. The lowest BCUT2D eigenvalue weighted by molar-refractivity contribution is -0.113. The van der Waals surface area contributed by atoms with Crippen molar-refractivity contribution in [1.82, 2.24) is 15.2 Å². The van der Waals surface area contributed by atoms with Crippen molar-refractivity contribution in [3.8, 4) is 17.0 Å². The Morgan fingerprint density at radius 1 is 1.19 bits per heavy atom. The van der Waals surface area contributed by atoms with Crippen LogP contribution in [0.15, 0.2) is 58.5 Å². The number of aromatic amines is 1. The van der Waals surface area contributed by atoms with E-state index in [9.17, 15) is 9.59 Å². The molecule has 0 saturated carbocycles. The zero-order valence-corrected chi connectivity index (χ0v) is 15.7. The smallest absolute Gasteiger partial charge is 0.278 e. The lowest BCUT2D eigenvalue weighted by atomic mass is 10.2. The molecule has 0 spiro atoms. The van der Waals surface area contributed by atoms with Crippen molar-refractivity contribution in [2.24, 2.45) is 0 Å². The lowest BCUT2D eigenvalue weighted by Crippen LogP contribution is -2.17. The summed E-state index contributed by atoms with van der Waals surface area (Å²) in [5, 5.41) is 11.0. The number of hydrogen-bond acceptors (Lipinski definition) is 6. The normalized spacial score (nSPS) is 10.4. The highest BCUT2D eigenvalue weighted by atomic mass is 32.2. The van der Waals surface area contributed by atoms with Crippen LogP contribution in [0.3, 0.4) is 0 Å². The SMILES string of the molecule is COc1cc(C)ccc1NC(=O)CSc1nnc(-c2ccccc2)c(=O)[nH]1. The first-order valence-corrected chi connectivity index (χ1v) is 9.15. The molecule has 0 saturated heterocycles. The molecule has 2 N–H and O–H groups in total. The zero-order chi connectivity index (χ0) is 19.2. The Hall–Kier alpha value is -3.13. The van der Waals surface area contributed by atoms with Gasteiger partial charge in [-0.3, -0.25) is 14.6 Å². The number of aromatic nitrogens is 3. The summed E-state index contributed by atoms with van der Waals surface area (Å²) in [6, 6.07) is 14.6. The van der Waals surface area contributed by atoms with Gasteiger partial charge in [0.25, 0.3) is 5.56 Å². The first-order valence-electron chi connectivity index (χ1n) is 8.16. The molecule has 0 aliphatic heterocycles. The quantitative estimate of drug-likeness (QED) is 0.636. The van der Waals surface area contributed by atoms with Crippen LogP contribution in [0.5, 0.6) is 5.75 Å². The molecular weight excluding hydrogens is 364 g/mol. The highest BCUT2D eigenvalue weighted by Crippen LogP contribution is 2.25. The number of nitrogens with zero attached hydrogens (tertiary/aromatic N) is 2. The number of nitrogens with one attached hydrogen (secondary N) is 2. The van der Waals surface area contributed by atoms with E-state index in [0.717, 1.165) is 17.3 Å². The van der Waals surface area contributed by atoms with Gasteiger partial charge in [-0.25, -0.2) is 0 Å². The predicted molar refractivity (Wildman–Crippen MR) is 105 cm³/mol. The first kappa shape index (κ1) is 18.7. The Kier molecular flexibility index (Phi) is 5.87. The summed E-state index contributed by atoms with van der Waals surface area (Å²) in [6.07, 6.45) is 0. The molecule has 0 bridgehead atoms. The van der Waals surface area contributed by atoms with E-state index in [0.29, 0.717) is 17.0 Å². The minimum absolute atomic E-state index is 0.0757. The van der Waals surface area contributed by atoms with Gasteiger partial charge in [0, 0.05) is 5.56 Å². The molecule has 27 heavy (non-hydrogen) atoms. The predicted octanol–water partition coefficient (Wildman–Crippen LogP) is 2.88. The fraction of sp³-hybridized carbons (Fsp3) is 0.158. The van der Waals surface area contributed by atoms with E-state index < -0.39 is 0 Å². The number of methoxy groups -OCH3 is 1. The number of H-pyrrole nitrogens is 1. The van der Waals surface area contributed by atoms with Crippen molar-refractivity contribution < 1.29 is 9.53 Å². The molecule has 0 radical (unpaired) electrons. The maximum Gasteiger partial charge on any atom is 0.278 e. The van der Waals surface area contributed by atoms with E-state index in [1.54, 1.807) is 25.3 Å². The number of rotatable bonds is 6. The molecule has 3 rings (SSSR count). The molecule has 1 aromatic heterocycles. The number of aryl methyl sites for hydroxylation is 1. The molecule has 1 heterocycles. The number of carbonyl (C=O) groups is 1. The second-order valence-corrected chi connectivity index (χ2v) is 6.68. The molecule has 0 fully saturated rings. The minimum atomic E-state index is -0.348. The van der Waals surface area contributed by atoms with Gasteiger partial charge in [-0.1, -0.05) is 48.2 Å². The third kappa shape index (κ3) is 4.73. The topological polar surface area (TPSA) is 97.0 Å². The van der Waals surface area contributed by atoms with E-state index >= 15 is 0 Å². The highest BCUT2D eigenvalue weighted by molar-refractivity contribution is 7.99. The summed E-state index contributed by atoms with van der Waals surface area (Å²) in [5.41, 5.74) is 2.21. The van der Waals surface area contributed by atoms with Crippen molar-refractivity contribution in [3.63, 3.8) is 0 Å². The van der Waals surface area contributed by atoms with Crippen molar-refractivity contribution in [1.29, 1.82) is 0 Å². The monoisotopic (exact) mass is 382 g/mol. The van der Waals surface area contributed by atoms with Crippen LogP contribution in [0.2, 0.25) is 0 Å². The van der Waals surface area contributed by atoms with Gasteiger partial charge in [-0.05, 0) is 24.6 Å². The molecule has 2 aromatic carbocycles. The Morgan fingerprint density at radius 3 is 2.67 bits per heavy atom. The molecule has 7 nitrogen and oxygen atoms in total. The number of benzene rings is 2.